The molecule has 1 aliphatic carbocycles. The van der Waals surface area contributed by atoms with E-state index in [1.54, 1.807) is 0 Å². The highest BCUT2D eigenvalue weighted by atomic mass is 16.3. The van der Waals surface area contributed by atoms with Gasteiger partial charge >= 0.3 is 0 Å². The summed E-state index contributed by atoms with van der Waals surface area (Å²) in [7, 11) is 0. The number of aliphatic hydroxyl groups is 4. The number of furan rings is 1. The SMILES string of the molecule is C=C(/C=C\C(=C/C)c1cc(/C=C\C=C/C)c(C2=C(O)C(O)=C(O)CC=C2O)c2ccccc12)c1cccc2oc(/C=C\C)c(-c3ccccc3)c12. The molecule has 1 aliphatic rings. The van der Waals surface area contributed by atoms with Crippen molar-refractivity contribution in [2.75, 3.05) is 0 Å². The number of fused-ring (bicyclic) bond motifs is 2. The fraction of sp³-hybridized carbons (Fsp3) is 0.0870. The molecule has 5 nitrogen and oxygen atoms in total. The predicted octanol–water partition coefficient (Wildman–Crippen LogP) is 13.0. The molecule has 0 aliphatic heterocycles. The standard InChI is InChI=1S/C46H40O5/c1-5-8-10-19-32-28-36(34-20-13-14-21-35(34)41(32)44-37(47)26-27-38(48)45(49)46(44)50)30(7-3)25-24-29(4)33-22-15-23-40-43(33)42(39(51-40)16-6-2)31-17-11-9-12-18-31/h5-26,28,47-50H,4,27H2,1-3H3/b8-5-,16-6-,19-10-,25-24-,30-7+. The lowest BCUT2D eigenvalue weighted by Crippen LogP contribution is -2.02. The average molecular weight is 673 g/mol. The first-order valence-corrected chi connectivity index (χ1v) is 16.9. The van der Waals surface area contributed by atoms with E-state index in [0.717, 1.165) is 60.9 Å². The van der Waals surface area contributed by atoms with Crippen molar-refractivity contribution in [3.8, 4) is 11.1 Å². The first-order valence-electron chi connectivity index (χ1n) is 16.9. The van der Waals surface area contributed by atoms with Gasteiger partial charge in [-0.05, 0) is 89.2 Å². The second kappa shape index (κ2) is 15.0. The maximum Gasteiger partial charge on any atom is 0.196 e. The van der Waals surface area contributed by atoms with E-state index >= 15 is 0 Å². The molecule has 0 saturated heterocycles. The topological polar surface area (TPSA) is 94.1 Å². The molecule has 1 heterocycles. The Bertz CT molecular complexity index is 2400. The van der Waals surface area contributed by atoms with E-state index in [-0.39, 0.29) is 17.8 Å². The Morgan fingerprint density at radius 3 is 2.20 bits per heavy atom. The fourth-order valence-electron chi connectivity index (χ4n) is 6.55. The fourth-order valence-corrected chi connectivity index (χ4v) is 6.55. The average Bonchev–Trinajstić information content (AvgIpc) is 3.49. The molecular formula is C46H40O5. The van der Waals surface area contributed by atoms with Crippen molar-refractivity contribution < 1.29 is 24.8 Å². The second-order valence-corrected chi connectivity index (χ2v) is 12.1. The van der Waals surface area contributed by atoms with Gasteiger partial charge in [-0.2, -0.15) is 0 Å². The molecule has 0 unspecified atom stereocenters. The third-order valence-corrected chi connectivity index (χ3v) is 8.94. The molecule has 6 rings (SSSR count). The monoisotopic (exact) mass is 672 g/mol. The van der Waals surface area contributed by atoms with Crippen LogP contribution in [0.3, 0.4) is 0 Å². The van der Waals surface area contributed by atoms with Crippen molar-refractivity contribution in [3.05, 3.63) is 185 Å². The van der Waals surface area contributed by atoms with Crippen LogP contribution in [0.4, 0.5) is 0 Å². The van der Waals surface area contributed by atoms with Crippen LogP contribution in [0.25, 0.3) is 61.7 Å². The molecule has 0 radical (unpaired) electrons. The predicted molar refractivity (Wildman–Crippen MR) is 213 cm³/mol. The van der Waals surface area contributed by atoms with Gasteiger partial charge in [-0.15, -0.1) is 0 Å². The van der Waals surface area contributed by atoms with Crippen LogP contribution in [0.5, 0.6) is 0 Å². The van der Waals surface area contributed by atoms with E-state index in [0.29, 0.717) is 11.1 Å². The molecule has 51 heavy (non-hydrogen) atoms. The van der Waals surface area contributed by atoms with Gasteiger partial charge in [0.2, 0.25) is 0 Å². The van der Waals surface area contributed by atoms with E-state index in [2.05, 4.69) is 24.8 Å². The first-order chi connectivity index (χ1) is 24.8. The minimum atomic E-state index is -0.668. The molecule has 0 fully saturated rings. The van der Waals surface area contributed by atoms with E-state index in [1.807, 2.05) is 136 Å². The first kappa shape index (κ1) is 34.4. The summed E-state index contributed by atoms with van der Waals surface area (Å²) in [6.45, 7) is 10.4. The smallest absolute Gasteiger partial charge is 0.196 e. The highest BCUT2D eigenvalue weighted by Crippen LogP contribution is 2.42. The number of hydrogen-bond acceptors (Lipinski definition) is 5. The molecule has 254 valence electrons. The molecule has 0 bridgehead atoms. The van der Waals surface area contributed by atoms with Crippen molar-refractivity contribution in [1.82, 2.24) is 0 Å². The minimum Gasteiger partial charge on any atom is -0.508 e. The molecule has 0 amide bonds. The van der Waals surface area contributed by atoms with E-state index in [9.17, 15) is 20.4 Å². The van der Waals surface area contributed by atoms with Crippen LogP contribution in [0.2, 0.25) is 0 Å². The number of rotatable bonds is 9. The van der Waals surface area contributed by atoms with Crippen LogP contribution in [0.1, 0.15) is 55.2 Å². The van der Waals surface area contributed by atoms with Crippen molar-refractivity contribution in [2.45, 2.75) is 27.2 Å². The maximum atomic E-state index is 11.2. The normalized spacial score (nSPS) is 14.6. The van der Waals surface area contributed by atoms with Crippen molar-refractivity contribution in [2.24, 2.45) is 0 Å². The van der Waals surface area contributed by atoms with Crippen LogP contribution in [-0.2, 0) is 0 Å². The van der Waals surface area contributed by atoms with Crippen LogP contribution < -0.4 is 0 Å². The molecule has 0 atom stereocenters. The van der Waals surface area contributed by atoms with Crippen molar-refractivity contribution in [1.29, 1.82) is 0 Å². The van der Waals surface area contributed by atoms with Crippen molar-refractivity contribution >= 4 is 50.6 Å². The van der Waals surface area contributed by atoms with Gasteiger partial charge in [0.1, 0.15) is 22.9 Å². The molecule has 5 heteroatoms. The lowest BCUT2D eigenvalue weighted by molar-refractivity contribution is 0.282. The zero-order valence-electron chi connectivity index (χ0n) is 28.9. The molecular weight excluding hydrogens is 633 g/mol. The maximum absolute atomic E-state index is 11.2. The summed E-state index contributed by atoms with van der Waals surface area (Å²) in [5, 5.41) is 45.8. The van der Waals surface area contributed by atoms with Crippen LogP contribution in [-0.4, -0.2) is 20.4 Å². The summed E-state index contributed by atoms with van der Waals surface area (Å²) >= 11 is 0. The number of hydrogen-bond donors (Lipinski definition) is 4. The lowest BCUT2D eigenvalue weighted by Gasteiger charge is -2.19. The third-order valence-electron chi connectivity index (χ3n) is 8.94. The molecule has 5 aromatic rings. The Balaban J connectivity index is 1.52. The van der Waals surface area contributed by atoms with Crippen LogP contribution in [0.15, 0.2) is 162 Å². The van der Waals surface area contributed by atoms with Gasteiger partial charge in [-0.25, -0.2) is 0 Å². The quantitative estimate of drug-likeness (QED) is 0.117. The minimum absolute atomic E-state index is 0.0325. The van der Waals surface area contributed by atoms with Gasteiger partial charge in [0.05, 0.1) is 5.57 Å². The highest BCUT2D eigenvalue weighted by Gasteiger charge is 2.26. The molecule has 1 aromatic heterocycles. The van der Waals surface area contributed by atoms with E-state index in [1.165, 1.54) is 6.08 Å². The van der Waals surface area contributed by atoms with Gasteiger partial charge in [-0.3, -0.25) is 0 Å². The molecule has 0 saturated carbocycles. The number of aliphatic hydroxyl groups excluding tert-OH is 4. The number of allylic oxidation sites excluding steroid dienone is 11. The second-order valence-electron chi connectivity index (χ2n) is 12.1. The van der Waals surface area contributed by atoms with E-state index in [4.69, 9.17) is 4.42 Å². The Morgan fingerprint density at radius 1 is 0.725 bits per heavy atom. The Labute approximate surface area is 298 Å². The summed E-state index contributed by atoms with van der Waals surface area (Å²) < 4.78 is 6.35. The summed E-state index contributed by atoms with van der Waals surface area (Å²) in [6, 6.07) is 26.0. The Hall–Kier alpha value is -6.46. The van der Waals surface area contributed by atoms with Crippen LogP contribution in [0, 0.1) is 0 Å². The largest absolute Gasteiger partial charge is 0.508 e. The van der Waals surface area contributed by atoms with Crippen LogP contribution >= 0.6 is 0 Å². The zero-order valence-corrected chi connectivity index (χ0v) is 28.9. The van der Waals surface area contributed by atoms with Gasteiger partial charge < -0.3 is 24.8 Å². The zero-order chi connectivity index (χ0) is 36.1. The number of benzene rings is 4. The van der Waals surface area contributed by atoms with E-state index < -0.39 is 17.3 Å². The van der Waals surface area contributed by atoms with Gasteiger partial charge in [0.25, 0.3) is 0 Å². The molecule has 4 N–H and O–H groups in total. The van der Waals surface area contributed by atoms with Gasteiger partial charge in [-0.1, -0.05) is 122 Å². The Kier molecular flexibility index (Phi) is 10.1. The van der Waals surface area contributed by atoms with Gasteiger partial charge in [0.15, 0.2) is 11.5 Å². The third kappa shape index (κ3) is 6.62. The summed E-state index contributed by atoms with van der Waals surface area (Å²) in [6.07, 6.45) is 18.9. The summed E-state index contributed by atoms with van der Waals surface area (Å²) in [5.74, 6) is -1.15. The Morgan fingerprint density at radius 2 is 1.47 bits per heavy atom. The summed E-state index contributed by atoms with van der Waals surface area (Å²) in [4.78, 5) is 0. The summed E-state index contributed by atoms with van der Waals surface area (Å²) in [5.41, 5.74) is 7.71. The molecule has 4 aromatic carbocycles. The molecule has 0 spiro atoms. The highest BCUT2D eigenvalue weighted by molar-refractivity contribution is 6.08. The lowest BCUT2D eigenvalue weighted by atomic mass is 9.86. The van der Waals surface area contributed by atoms with Crippen molar-refractivity contribution in [3.63, 3.8) is 0 Å². The van der Waals surface area contributed by atoms with Gasteiger partial charge in [0, 0.05) is 22.9 Å².